The SMILES string of the molecule is NC(=O)Cc1nn(Cc2ccccn2)c(CC(N)=O)c1N. The second kappa shape index (κ2) is 6.04. The molecule has 0 aromatic carbocycles. The Bertz CT molecular complexity index is 665. The zero-order valence-electron chi connectivity index (χ0n) is 11.3. The second-order valence-electron chi connectivity index (χ2n) is 4.57. The molecule has 0 bridgehead atoms. The maximum atomic E-state index is 11.2. The Morgan fingerprint density at radius 3 is 2.43 bits per heavy atom. The highest BCUT2D eigenvalue weighted by atomic mass is 16.1. The number of amides is 2. The molecule has 0 aliphatic rings. The number of nitrogens with two attached hydrogens (primary N) is 3. The van der Waals surface area contributed by atoms with Crippen molar-refractivity contribution in [3.05, 3.63) is 41.5 Å². The van der Waals surface area contributed by atoms with E-state index in [1.165, 1.54) is 4.68 Å². The van der Waals surface area contributed by atoms with Gasteiger partial charge in [0, 0.05) is 6.20 Å². The number of aromatic nitrogens is 3. The van der Waals surface area contributed by atoms with Crippen LogP contribution < -0.4 is 17.2 Å². The number of hydrogen-bond donors (Lipinski definition) is 3. The van der Waals surface area contributed by atoms with E-state index < -0.39 is 11.8 Å². The fraction of sp³-hybridized carbons (Fsp3) is 0.231. The average molecular weight is 288 g/mol. The highest BCUT2D eigenvalue weighted by Crippen LogP contribution is 2.19. The molecule has 2 amide bonds. The third kappa shape index (κ3) is 3.56. The van der Waals surface area contributed by atoms with Gasteiger partial charge in [0.1, 0.15) is 0 Å². The van der Waals surface area contributed by atoms with Gasteiger partial charge in [-0.05, 0) is 12.1 Å². The van der Waals surface area contributed by atoms with E-state index in [0.29, 0.717) is 17.9 Å². The summed E-state index contributed by atoms with van der Waals surface area (Å²) < 4.78 is 1.53. The number of nitrogen functional groups attached to an aromatic ring is 1. The van der Waals surface area contributed by atoms with Gasteiger partial charge >= 0.3 is 0 Å². The van der Waals surface area contributed by atoms with Crippen LogP contribution >= 0.6 is 0 Å². The maximum absolute atomic E-state index is 11.2. The highest BCUT2D eigenvalue weighted by Gasteiger charge is 2.18. The summed E-state index contributed by atoms with van der Waals surface area (Å²) in [5.74, 6) is -1.08. The lowest BCUT2D eigenvalue weighted by molar-refractivity contribution is -0.118. The Labute approximate surface area is 120 Å². The molecule has 110 valence electrons. The van der Waals surface area contributed by atoms with E-state index >= 15 is 0 Å². The summed E-state index contributed by atoms with van der Waals surface area (Å²) in [5.41, 5.74) is 18.1. The molecule has 0 fully saturated rings. The number of primary amides is 2. The van der Waals surface area contributed by atoms with Gasteiger partial charge in [-0.3, -0.25) is 19.3 Å². The number of nitrogens with zero attached hydrogens (tertiary/aromatic N) is 3. The number of carbonyl (C=O) groups is 2. The largest absolute Gasteiger partial charge is 0.396 e. The third-order valence-electron chi connectivity index (χ3n) is 2.90. The number of carbonyl (C=O) groups excluding carboxylic acids is 2. The standard InChI is InChI=1S/C13H16N6O2/c14-11(20)5-9-13(16)10(6-12(15)21)19(18-9)7-8-3-1-2-4-17-8/h1-4H,5-7,16H2,(H2,14,20)(H2,15,21). The van der Waals surface area contributed by atoms with Crippen molar-refractivity contribution in [3.63, 3.8) is 0 Å². The summed E-state index contributed by atoms with van der Waals surface area (Å²) in [7, 11) is 0. The van der Waals surface area contributed by atoms with Gasteiger partial charge in [0.2, 0.25) is 11.8 Å². The zero-order valence-corrected chi connectivity index (χ0v) is 11.3. The van der Waals surface area contributed by atoms with Crippen LogP contribution in [0.15, 0.2) is 24.4 Å². The molecule has 0 saturated carbocycles. The van der Waals surface area contributed by atoms with E-state index in [9.17, 15) is 9.59 Å². The summed E-state index contributed by atoms with van der Waals surface area (Å²) in [6, 6.07) is 5.46. The number of rotatable bonds is 6. The summed E-state index contributed by atoms with van der Waals surface area (Å²) in [6.45, 7) is 0.326. The van der Waals surface area contributed by atoms with Crippen LogP contribution in [0.4, 0.5) is 5.69 Å². The fourth-order valence-corrected chi connectivity index (χ4v) is 1.99. The lowest BCUT2D eigenvalue weighted by Crippen LogP contribution is -2.18. The Morgan fingerprint density at radius 1 is 1.14 bits per heavy atom. The highest BCUT2D eigenvalue weighted by molar-refractivity contribution is 5.80. The molecule has 0 saturated heterocycles. The number of hydrogen-bond acceptors (Lipinski definition) is 5. The lowest BCUT2D eigenvalue weighted by Gasteiger charge is -2.06. The molecule has 8 nitrogen and oxygen atoms in total. The van der Waals surface area contributed by atoms with Crippen molar-refractivity contribution in [3.8, 4) is 0 Å². The molecule has 2 heterocycles. The van der Waals surface area contributed by atoms with Crippen molar-refractivity contribution in [2.75, 3.05) is 5.73 Å². The molecule has 6 N–H and O–H groups in total. The molecule has 21 heavy (non-hydrogen) atoms. The van der Waals surface area contributed by atoms with Crippen molar-refractivity contribution >= 4 is 17.5 Å². The van der Waals surface area contributed by atoms with Crippen LogP contribution in [-0.4, -0.2) is 26.6 Å². The van der Waals surface area contributed by atoms with E-state index in [2.05, 4.69) is 10.1 Å². The predicted molar refractivity (Wildman–Crippen MR) is 75.8 cm³/mol. The third-order valence-corrected chi connectivity index (χ3v) is 2.90. The Kier molecular flexibility index (Phi) is 4.17. The van der Waals surface area contributed by atoms with Gasteiger partial charge in [-0.25, -0.2) is 0 Å². The van der Waals surface area contributed by atoms with E-state index in [1.54, 1.807) is 12.3 Å². The van der Waals surface area contributed by atoms with Crippen molar-refractivity contribution in [1.29, 1.82) is 0 Å². The van der Waals surface area contributed by atoms with Crippen LogP contribution in [0.2, 0.25) is 0 Å². The smallest absolute Gasteiger partial charge is 0.223 e. The van der Waals surface area contributed by atoms with Gasteiger partial charge in [-0.1, -0.05) is 6.07 Å². The lowest BCUT2D eigenvalue weighted by atomic mass is 10.2. The molecule has 8 heteroatoms. The Hall–Kier alpha value is -2.90. The van der Waals surface area contributed by atoms with Crippen LogP contribution in [0.5, 0.6) is 0 Å². The summed E-state index contributed by atoms with van der Waals surface area (Å²) >= 11 is 0. The molecule has 0 aliphatic carbocycles. The number of pyridine rings is 1. The average Bonchev–Trinajstić information content (AvgIpc) is 2.67. The molecule has 2 aromatic rings. The van der Waals surface area contributed by atoms with Gasteiger partial charge in [-0.15, -0.1) is 0 Å². The molecule has 0 aliphatic heterocycles. The normalized spacial score (nSPS) is 10.5. The minimum Gasteiger partial charge on any atom is -0.396 e. The van der Waals surface area contributed by atoms with Gasteiger partial charge < -0.3 is 17.2 Å². The first-order valence-corrected chi connectivity index (χ1v) is 6.28. The topological polar surface area (TPSA) is 143 Å². The van der Waals surface area contributed by atoms with Crippen molar-refractivity contribution < 1.29 is 9.59 Å². The molecule has 0 radical (unpaired) electrons. The van der Waals surface area contributed by atoms with Crippen molar-refractivity contribution in [2.45, 2.75) is 19.4 Å². The molecule has 0 spiro atoms. The zero-order chi connectivity index (χ0) is 15.4. The molecule has 2 aromatic heterocycles. The van der Waals surface area contributed by atoms with E-state index in [4.69, 9.17) is 17.2 Å². The van der Waals surface area contributed by atoms with E-state index in [-0.39, 0.29) is 18.5 Å². The van der Waals surface area contributed by atoms with Crippen LogP contribution in [0.3, 0.4) is 0 Å². The minimum atomic E-state index is -0.546. The summed E-state index contributed by atoms with van der Waals surface area (Å²) in [4.78, 5) is 26.4. The Balaban J connectivity index is 2.37. The molecule has 2 rings (SSSR count). The van der Waals surface area contributed by atoms with Crippen LogP contribution in [0, 0.1) is 0 Å². The van der Waals surface area contributed by atoms with Crippen molar-refractivity contribution in [2.24, 2.45) is 11.5 Å². The van der Waals surface area contributed by atoms with Crippen molar-refractivity contribution in [1.82, 2.24) is 14.8 Å². The molecular formula is C13H16N6O2. The first-order chi connectivity index (χ1) is 9.97. The first-order valence-electron chi connectivity index (χ1n) is 6.28. The molecular weight excluding hydrogens is 272 g/mol. The van der Waals surface area contributed by atoms with Gasteiger partial charge in [0.25, 0.3) is 0 Å². The first kappa shape index (κ1) is 14.5. The van der Waals surface area contributed by atoms with Crippen LogP contribution in [0.25, 0.3) is 0 Å². The van der Waals surface area contributed by atoms with E-state index in [0.717, 1.165) is 5.69 Å². The quantitative estimate of drug-likeness (QED) is 0.622. The minimum absolute atomic E-state index is 0.0651. The fourth-order valence-electron chi connectivity index (χ4n) is 1.99. The maximum Gasteiger partial charge on any atom is 0.223 e. The van der Waals surface area contributed by atoms with Crippen LogP contribution in [0.1, 0.15) is 17.1 Å². The van der Waals surface area contributed by atoms with Gasteiger partial charge in [-0.2, -0.15) is 5.10 Å². The number of anilines is 1. The van der Waals surface area contributed by atoms with Gasteiger partial charge in [0.15, 0.2) is 0 Å². The summed E-state index contributed by atoms with van der Waals surface area (Å²) in [6.07, 6.45) is 1.50. The monoisotopic (exact) mass is 288 g/mol. The van der Waals surface area contributed by atoms with E-state index in [1.807, 2.05) is 12.1 Å². The molecule has 0 unspecified atom stereocenters. The second-order valence-corrected chi connectivity index (χ2v) is 4.57. The van der Waals surface area contributed by atoms with Gasteiger partial charge in [0.05, 0.1) is 42.2 Å². The predicted octanol–water partition coefficient (Wildman–Crippen LogP) is -1.04. The molecule has 0 atom stereocenters. The summed E-state index contributed by atoms with van der Waals surface area (Å²) in [5, 5.41) is 4.24. The Morgan fingerprint density at radius 2 is 1.86 bits per heavy atom. The van der Waals surface area contributed by atoms with Crippen LogP contribution in [-0.2, 0) is 29.0 Å².